The van der Waals surface area contributed by atoms with Crippen LogP contribution in [0.1, 0.15) is 25.0 Å². The minimum absolute atomic E-state index is 0.0827. The monoisotopic (exact) mass is 395 g/mol. The number of aryl methyl sites for hydroxylation is 1. The summed E-state index contributed by atoms with van der Waals surface area (Å²) in [4.78, 5) is 28.8. The lowest BCUT2D eigenvalue weighted by atomic mass is 10.1. The SMILES string of the molecule is Cc1cccc(N2CCN(C(=O)C(=O)Nc3ccc(OC(C)C)cc3)CC2)c1C. The minimum atomic E-state index is -0.609. The van der Waals surface area contributed by atoms with Crippen LogP contribution >= 0.6 is 0 Å². The molecule has 0 aliphatic carbocycles. The van der Waals surface area contributed by atoms with E-state index in [-0.39, 0.29) is 6.10 Å². The van der Waals surface area contributed by atoms with Gasteiger partial charge in [-0.25, -0.2) is 0 Å². The van der Waals surface area contributed by atoms with Crippen LogP contribution < -0.4 is 15.0 Å². The number of ether oxygens (including phenoxy) is 1. The van der Waals surface area contributed by atoms with Crippen molar-refractivity contribution in [3.05, 3.63) is 53.6 Å². The van der Waals surface area contributed by atoms with Crippen LogP contribution in [0.4, 0.5) is 11.4 Å². The molecule has 154 valence electrons. The van der Waals surface area contributed by atoms with E-state index in [1.165, 1.54) is 16.8 Å². The van der Waals surface area contributed by atoms with Crippen LogP contribution in [0.15, 0.2) is 42.5 Å². The smallest absolute Gasteiger partial charge is 0.313 e. The van der Waals surface area contributed by atoms with Gasteiger partial charge in [0.15, 0.2) is 0 Å². The zero-order valence-electron chi connectivity index (χ0n) is 17.6. The van der Waals surface area contributed by atoms with Gasteiger partial charge in [-0.2, -0.15) is 0 Å². The van der Waals surface area contributed by atoms with Crippen molar-refractivity contribution in [1.29, 1.82) is 0 Å². The van der Waals surface area contributed by atoms with Gasteiger partial charge in [-0.05, 0) is 69.2 Å². The molecule has 0 spiro atoms. The highest BCUT2D eigenvalue weighted by atomic mass is 16.5. The van der Waals surface area contributed by atoms with E-state index in [0.29, 0.717) is 31.9 Å². The molecular formula is C23H29N3O3. The Balaban J connectivity index is 1.54. The van der Waals surface area contributed by atoms with Crippen LogP contribution in [0.5, 0.6) is 5.75 Å². The molecule has 1 aliphatic rings. The summed E-state index contributed by atoms with van der Waals surface area (Å²) in [6.07, 6.45) is 0.0827. The Kier molecular flexibility index (Phi) is 6.42. The summed E-state index contributed by atoms with van der Waals surface area (Å²) >= 11 is 0. The highest BCUT2D eigenvalue weighted by molar-refractivity contribution is 6.39. The zero-order chi connectivity index (χ0) is 21.0. The molecule has 1 aliphatic heterocycles. The zero-order valence-corrected chi connectivity index (χ0v) is 17.6. The van der Waals surface area contributed by atoms with Gasteiger partial charge in [-0.15, -0.1) is 0 Å². The number of carbonyl (C=O) groups excluding carboxylic acids is 2. The predicted octanol–water partition coefficient (Wildman–Crippen LogP) is 3.38. The molecule has 1 N–H and O–H groups in total. The number of piperazine rings is 1. The topological polar surface area (TPSA) is 61.9 Å². The maximum absolute atomic E-state index is 12.5. The lowest BCUT2D eigenvalue weighted by Gasteiger charge is -2.36. The normalized spacial score (nSPS) is 14.1. The number of carbonyl (C=O) groups is 2. The Morgan fingerprint density at radius 2 is 1.62 bits per heavy atom. The first kappa shape index (κ1) is 20.7. The first-order chi connectivity index (χ1) is 13.8. The molecule has 0 unspecified atom stereocenters. The summed E-state index contributed by atoms with van der Waals surface area (Å²) < 4.78 is 5.59. The van der Waals surface area contributed by atoms with E-state index in [2.05, 4.69) is 42.3 Å². The van der Waals surface area contributed by atoms with Gasteiger partial charge in [0.25, 0.3) is 0 Å². The van der Waals surface area contributed by atoms with Crippen molar-refractivity contribution in [2.24, 2.45) is 0 Å². The Hall–Kier alpha value is -3.02. The van der Waals surface area contributed by atoms with Crippen molar-refractivity contribution in [3.8, 4) is 5.75 Å². The van der Waals surface area contributed by atoms with Crippen LogP contribution in [0, 0.1) is 13.8 Å². The van der Waals surface area contributed by atoms with Crippen LogP contribution in [0.3, 0.4) is 0 Å². The molecule has 1 heterocycles. The predicted molar refractivity (Wildman–Crippen MR) is 116 cm³/mol. The molecule has 6 nitrogen and oxygen atoms in total. The maximum atomic E-state index is 12.5. The molecule has 6 heteroatoms. The highest BCUT2D eigenvalue weighted by Gasteiger charge is 2.26. The van der Waals surface area contributed by atoms with Gasteiger partial charge in [-0.3, -0.25) is 9.59 Å². The van der Waals surface area contributed by atoms with Crippen molar-refractivity contribution in [3.63, 3.8) is 0 Å². The highest BCUT2D eigenvalue weighted by Crippen LogP contribution is 2.24. The molecule has 2 aromatic carbocycles. The third kappa shape index (κ3) is 5.08. The summed E-state index contributed by atoms with van der Waals surface area (Å²) in [6.45, 7) is 10.6. The second-order valence-electron chi connectivity index (χ2n) is 7.64. The fourth-order valence-electron chi connectivity index (χ4n) is 3.45. The van der Waals surface area contributed by atoms with Crippen LogP contribution in [0.25, 0.3) is 0 Å². The van der Waals surface area contributed by atoms with Crippen molar-refractivity contribution in [2.45, 2.75) is 33.8 Å². The second-order valence-corrected chi connectivity index (χ2v) is 7.64. The van der Waals surface area contributed by atoms with Crippen molar-refractivity contribution in [1.82, 2.24) is 4.90 Å². The molecule has 0 atom stereocenters. The number of hydrogen-bond acceptors (Lipinski definition) is 4. The molecule has 2 aromatic rings. The summed E-state index contributed by atoms with van der Waals surface area (Å²) in [5.41, 5.74) is 4.29. The Morgan fingerprint density at radius 1 is 0.966 bits per heavy atom. The molecular weight excluding hydrogens is 366 g/mol. The number of benzene rings is 2. The van der Waals surface area contributed by atoms with Gasteiger partial charge in [0, 0.05) is 37.6 Å². The summed E-state index contributed by atoms with van der Waals surface area (Å²) in [5.74, 6) is -0.372. The van der Waals surface area contributed by atoms with Gasteiger partial charge in [0.05, 0.1) is 6.10 Å². The molecule has 0 saturated carbocycles. The number of nitrogens with zero attached hydrogens (tertiary/aromatic N) is 2. The quantitative estimate of drug-likeness (QED) is 0.807. The van der Waals surface area contributed by atoms with E-state index in [1.807, 2.05) is 13.8 Å². The standard InChI is InChI=1S/C23H29N3O3/c1-16(2)29-20-10-8-19(9-11-20)24-22(27)23(28)26-14-12-25(13-15-26)21-7-5-6-17(3)18(21)4/h5-11,16H,12-15H2,1-4H3,(H,24,27). The van der Waals surface area contributed by atoms with Gasteiger partial charge in [0.1, 0.15) is 5.75 Å². The first-order valence-corrected chi connectivity index (χ1v) is 10.0. The van der Waals surface area contributed by atoms with E-state index in [1.54, 1.807) is 29.2 Å². The Bertz CT molecular complexity index is 869. The van der Waals surface area contributed by atoms with Gasteiger partial charge in [0.2, 0.25) is 0 Å². The molecule has 2 amide bonds. The van der Waals surface area contributed by atoms with Gasteiger partial charge in [-0.1, -0.05) is 12.1 Å². The minimum Gasteiger partial charge on any atom is -0.491 e. The summed E-state index contributed by atoms with van der Waals surface area (Å²) in [6, 6.07) is 13.3. The number of rotatable bonds is 4. The second kappa shape index (κ2) is 8.99. The third-order valence-electron chi connectivity index (χ3n) is 5.16. The molecule has 1 fully saturated rings. The van der Waals surface area contributed by atoms with Crippen LogP contribution in [-0.2, 0) is 9.59 Å². The van der Waals surface area contributed by atoms with Crippen LogP contribution in [-0.4, -0.2) is 49.0 Å². The van der Waals surface area contributed by atoms with E-state index in [0.717, 1.165) is 5.75 Å². The fourth-order valence-corrected chi connectivity index (χ4v) is 3.45. The van der Waals surface area contributed by atoms with Gasteiger partial charge < -0.3 is 19.9 Å². The number of hydrogen-bond donors (Lipinski definition) is 1. The maximum Gasteiger partial charge on any atom is 0.313 e. The molecule has 0 bridgehead atoms. The summed E-state index contributed by atoms with van der Waals surface area (Å²) in [7, 11) is 0. The molecule has 0 aromatic heterocycles. The molecule has 29 heavy (non-hydrogen) atoms. The number of amides is 2. The summed E-state index contributed by atoms with van der Waals surface area (Å²) in [5, 5.41) is 2.68. The van der Waals surface area contributed by atoms with Crippen molar-refractivity contribution in [2.75, 3.05) is 36.4 Å². The molecule has 3 rings (SSSR count). The Labute approximate surface area is 172 Å². The van der Waals surface area contributed by atoms with E-state index >= 15 is 0 Å². The largest absolute Gasteiger partial charge is 0.491 e. The van der Waals surface area contributed by atoms with Crippen molar-refractivity contribution >= 4 is 23.2 Å². The van der Waals surface area contributed by atoms with E-state index < -0.39 is 11.8 Å². The third-order valence-corrected chi connectivity index (χ3v) is 5.16. The molecule has 1 saturated heterocycles. The fraction of sp³-hybridized carbons (Fsp3) is 0.391. The average Bonchev–Trinajstić information content (AvgIpc) is 2.71. The Morgan fingerprint density at radius 3 is 2.24 bits per heavy atom. The van der Waals surface area contributed by atoms with E-state index in [4.69, 9.17) is 4.74 Å². The van der Waals surface area contributed by atoms with E-state index in [9.17, 15) is 9.59 Å². The lowest BCUT2D eigenvalue weighted by molar-refractivity contribution is -0.143. The average molecular weight is 396 g/mol. The lowest BCUT2D eigenvalue weighted by Crippen LogP contribution is -2.51. The number of nitrogens with one attached hydrogen (secondary N) is 1. The first-order valence-electron chi connectivity index (χ1n) is 10.0. The molecule has 0 radical (unpaired) electrons. The van der Waals surface area contributed by atoms with Gasteiger partial charge >= 0.3 is 11.8 Å². The van der Waals surface area contributed by atoms with Crippen LogP contribution in [0.2, 0.25) is 0 Å². The number of anilines is 2. The van der Waals surface area contributed by atoms with Crippen molar-refractivity contribution < 1.29 is 14.3 Å².